The molecule has 6 atom stereocenters. The Hall–Kier alpha value is -2.86. The van der Waals surface area contributed by atoms with Crippen LogP contribution in [0.3, 0.4) is 0 Å². The molecule has 0 radical (unpaired) electrons. The van der Waals surface area contributed by atoms with Gasteiger partial charge in [0.05, 0.1) is 18.6 Å². The van der Waals surface area contributed by atoms with Gasteiger partial charge in [0.15, 0.2) is 11.3 Å². The molecule has 0 unspecified atom stereocenters. The van der Waals surface area contributed by atoms with Gasteiger partial charge in [-0.05, 0) is 30.0 Å². The van der Waals surface area contributed by atoms with Crippen molar-refractivity contribution >= 4 is 17.6 Å². The van der Waals surface area contributed by atoms with Crippen LogP contribution in [0.4, 0.5) is 5.69 Å². The first kappa shape index (κ1) is 18.7. The number of para-hydroxylation sites is 1. The predicted molar refractivity (Wildman–Crippen MR) is 117 cm³/mol. The molecule has 32 heavy (non-hydrogen) atoms. The van der Waals surface area contributed by atoms with Crippen LogP contribution < -0.4 is 4.90 Å². The largest absolute Gasteiger partial charge is 0.467 e. The van der Waals surface area contributed by atoms with Crippen LogP contribution >= 0.6 is 0 Å². The average molecular weight is 431 g/mol. The number of piperidine rings is 1. The molecular weight excluding hydrogens is 404 g/mol. The van der Waals surface area contributed by atoms with Crippen molar-refractivity contribution in [2.24, 2.45) is 5.92 Å². The molecule has 6 heteroatoms. The van der Waals surface area contributed by atoms with E-state index < -0.39 is 16.7 Å². The molecule has 2 aromatic carbocycles. The third-order valence-electron chi connectivity index (χ3n) is 9.12. The van der Waals surface area contributed by atoms with Crippen LogP contribution in [0, 0.1) is 5.92 Å². The van der Waals surface area contributed by atoms with Gasteiger partial charge < -0.3 is 19.3 Å². The van der Waals surface area contributed by atoms with Gasteiger partial charge in [0.25, 0.3) is 0 Å². The topological polar surface area (TPSA) is 59.1 Å². The highest BCUT2D eigenvalue weighted by Crippen LogP contribution is 2.78. The van der Waals surface area contributed by atoms with Crippen molar-refractivity contribution in [3.05, 3.63) is 65.7 Å². The first-order valence-electron chi connectivity index (χ1n) is 11.5. The monoisotopic (exact) mass is 430 g/mol. The quantitative estimate of drug-likeness (QED) is 0.686. The van der Waals surface area contributed by atoms with E-state index in [1.54, 1.807) is 0 Å². The molecular formula is C26H26N2O4. The van der Waals surface area contributed by atoms with E-state index in [0.717, 1.165) is 17.7 Å². The number of likely N-dealkylation sites (N-methyl/N-ethyl adjacent to an activating group) is 1. The molecule has 2 aromatic rings. The van der Waals surface area contributed by atoms with Crippen LogP contribution in [-0.2, 0) is 24.5 Å². The minimum Gasteiger partial charge on any atom is -0.467 e. The van der Waals surface area contributed by atoms with Crippen LogP contribution in [-0.4, -0.2) is 54.8 Å². The van der Waals surface area contributed by atoms with Crippen molar-refractivity contribution in [3.8, 4) is 0 Å². The Kier molecular flexibility index (Phi) is 3.35. The lowest BCUT2D eigenvalue weighted by Gasteiger charge is -2.53. The summed E-state index contributed by atoms with van der Waals surface area (Å²) in [6, 6.07) is 18.4. The maximum atomic E-state index is 13.8. The molecule has 0 aliphatic carbocycles. The summed E-state index contributed by atoms with van der Waals surface area (Å²) >= 11 is 0. The summed E-state index contributed by atoms with van der Waals surface area (Å²) in [5.74, 6) is -0.348. The molecule has 164 valence electrons. The number of methoxy groups -OCH3 is 1. The molecule has 4 fully saturated rings. The highest BCUT2D eigenvalue weighted by atomic mass is 16.6. The van der Waals surface area contributed by atoms with E-state index in [4.69, 9.17) is 9.47 Å². The molecule has 4 saturated heterocycles. The Morgan fingerprint density at radius 2 is 1.88 bits per heavy atom. The maximum absolute atomic E-state index is 13.8. The zero-order valence-electron chi connectivity index (χ0n) is 18.3. The molecule has 2 spiro atoms. The number of hydrogen-bond acceptors (Lipinski definition) is 5. The Morgan fingerprint density at radius 1 is 1.12 bits per heavy atom. The first-order chi connectivity index (χ1) is 15.5. The molecule has 1 amide bonds. The summed E-state index contributed by atoms with van der Waals surface area (Å²) in [4.78, 5) is 31.3. The second kappa shape index (κ2) is 5.73. The summed E-state index contributed by atoms with van der Waals surface area (Å²) in [6.07, 6.45) is 2.00. The zero-order chi connectivity index (χ0) is 21.9. The fourth-order valence-electron chi connectivity index (χ4n) is 8.45. The number of carbonyl (C=O) groups excluding carboxylic acids is 2. The third kappa shape index (κ3) is 1.65. The predicted octanol–water partition coefficient (Wildman–Crippen LogP) is 2.82. The Labute approximate surface area is 187 Å². The van der Waals surface area contributed by atoms with Gasteiger partial charge in [-0.1, -0.05) is 48.5 Å². The van der Waals surface area contributed by atoms with Gasteiger partial charge in [-0.3, -0.25) is 4.79 Å². The van der Waals surface area contributed by atoms with Gasteiger partial charge in [0.2, 0.25) is 5.91 Å². The van der Waals surface area contributed by atoms with Crippen molar-refractivity contribution in [1.82, 2.24) is 4.90 Å². The highest BCUT2D eigenvalue weighted by Gasteiger charge is 2.91. The maximum Gasteiger partial charge on any atom is 0.341 e. The smallest absolute Gasteiger partial charge is 0.341 e. The van der Waals surface area contributed by atoms with E-state index in [9.17, 15) is 9.59 Å². The number of esters is 1. The summed E-state index contributed by atoms with van der Waals surface area (Å²) in [7, 11) is 3.52. The molecule has 5 aliphatic heterocycles. The number of anilines is 1. The average Bonchev–Trinajstić information content (AvgIpc) is 3.48. The van der Waals surface area contributed by atoms with Crippen LogP contribution in [0.5, 0.6) is 0 Å². The summed E-state index contributed by atoms with van der Waals surface area (Å²) in [5, 5.41) is 0. The van der Waals surface area contributed by atoms with E-state index in [0.29, 0.717) is 19.4 Å². The standard InChI is InChI=1S/C26H26N2O4/c1-27-19-11-7-6-10-17(19)24-14-15-28-20(29)13-12-18-21(16-8-4-3-5-9-16)25(22(24)27,23(30)31-2)32-26(18,24)28/h3-11,18,21-22H,12-15H2,1-2H3/t18-,21-,22+,24-,25+,26-/m0/s1. The van der Waals surface area contributed by atoms with E-state index >= 15 is 0 Å². The SMILES string of the molecule is COC(=O)[C@]12O[C@]34[C@@H](CCC(=O)N3CC[C@@]43c4ccccc4N(C)[C@@H]13)[C@@H]2c1ccccc1. The molecule has 5 aliphatic rings. The Balaban J connectivity index is 1.59. The lowest BCUT2D eigenvalue weighted by atomic mass is 9.51. The number of hydrogen-bond donors (Lipinski definition) is 0. The number of ether oxygens (including phenoxy) is 2. The number of amides is 1. The lowest BCUT2D eigenvalue weighted by Crippen LogP contribution is -2.69. The van der Waals surface area contributed by atoms with Crippen LogP contribution in [0.15, 0.2) is 54.6 Å². The second-order valence-corrected chi connectivity index (χ2v) is 9.91. The van der Waals surface area contributed by atoms with Gasteiger partial charge in [-0.25, -0.2) is 4.79 Å². The fourth-order valence-corrected chi connectivity index (χ4v) is 8.45. The number of fused-ring (bicyclic) bond motifs is 3. The minimum absolute atomic E-state index is 0.0278. The molecule has 2 bridgehead atoms. The fraction of sp³-hybridized carbons (Fsp3) is 0.462. The van der Waals surface area contributed by atoms with E-state index in [2.05, 4.69) is 42.3 Å². The molecule has 0 aromatic heterocycles. The summed E-state index contributed by atoms with van der Waals surface area (Å²) in [5.41, 5.74) is 0.950. The van der Waals surface area contributed by atoms with Crippen molar-refractivity contribution in [2.45, 2.75) is 48.0 Å². The van der Waals surface area contributed by atoms with Crippen molar-refractivity contribution < 1.29 is 19.1 Å². The molecule has 7 rings (SSSR count). The zero-order valence-corrected chi connectivity index (χ0v) is 18.3. The summed E-state index contributed by atoms with van der Waals surface area (Å²) < 4.78 is 12.6. The number of benzene rings is 2. The highest BCUT2D eigenvalue weighted by molar-refractivity contribution is 5.91. The summed E-state index contributed by atoms with van der Waals surface area (Å²) in [6.45, 7) is 0.659. The van der Waals surface area contributed by atoms with Crippen LogP contribution in [0.25, 0.3) is 0 Å². The van der Waals surface area contributed by atoms with Crippen LogP contribution in [0.1, 0.15) is 36.3 Å². The lowest BCUT2D eigenvalue weighted by molar-refractivity contribution is -0.195. The third-order valence-corrected chi connectivity index (χ3v) is 9.12. The van der Waals surface area contributed by atoms with E-state index in [-0.39, 0.29) is 29.8 Å². The number of carbonyl (C=O) groups is 2. The normalized spacial score (nSPS) is 40.3. The molecule has 0 N–H and O–H groups in total. The van der Waals surface area contributed by atoms with Crippen molar-refractivity contribution in [1.29, 1.82) is 0 Å². The number of rotatable bonds is 2. The molecule has 6 nitrogen and oxygen atoms in total. The molecule has 0 saturated carbocycles. The first-order valence-corrected chi connectivity index (χ1v) is 11.5. The van der Waals surface area contributed by atoms with Crippen molar-refractivity contribution in [3.63, 3.8) is 0 Å². The van der Waals surface area contributed by atoms with Gasteiger partial charge >= 0.3 is 5.97 Å². The van der Waals surface area contributed by atoms with Gasteiger partial charge in [0, 0.05) is 37.5 Å². The Morgan fingerprint density at radius 3 is 2.66 bits per heavy atom. The van der Waals surface area contributed by atoms with Gasteiger partial charge in [-0.2, -0.15) is 0 Å². The van der Waals surface area contributed by atoms with Crippen molar-refractivity contribution in [2.75, 3.05) is 25.6 Å². The van der Waals surface area contributed by atoms with Gasteiger partial charge in [-0.15, -0.1) is 0 Å². The van der Waals surface area contributed by atoms with Crippen LogP contribution in [0.2, 0.25) is 0 Å². The van der Waals surface area contributed by atoms with Gasteiger partial charge in [0.1, 0.15) is 0 Å². The molecule has 5 heterocycles. The van der Waals surface area contributed by atoms with E-state index in [1.165, 1.54) is 12.7 Å². The Bertz CT molecular complexity index is 1170. The van der Waals surface area contributed by atoms with E-state index in [1.807, 2.05) is 29.2 Å². The number of nitrogens with zero attached hydrogens (tertiary/aromatic N) is 2. The minimum atomic E-state index is -1.18. The second-order valence-electron chi connectivity index (χ2n) is 9.91.